The molecular weight excluding hydrogens is 490 g/mol. The third-order valence-corrected chi connectivity index (χ3v) is 8.00. The molecular formula is C30H39N7O2. The Balaban J connectivity index is 1.07. The average molecular weight is 530 g/mol. The van der Waals surface area contributed by atoms with E-state index in [1.54, 1.807) is 7.11 Å². The summed E-state index contributed by atoms with van der Waals surface area (Å²) < 4.78 is 5.61. The van der Waals surface area contributed by atoms with Crippen molar-refractivity contribution in [3.05, 3.63) is 53.7 Å². The SMILES string of the molecule is COc1ccc(NC(=O)N2CCN(CCCCc3c[nH]c4ccc(C#N)cc34)CC2)cc1N1CCN(C)CC1. The fraction of sp³-hybridized carbons (Fsp3) is 0.467. The first-order chi connectivity index (χ1) is 19.0. The van der Waals surface area contributed by atoms with E-state index in [1.165, 1.54) is 5.56 Å². The van der Waals surface area contributed by atoms with Gasteiger partial charge in [-0.2, -0.15) is 5.26 Å². The largest absolute Gasteiger partial charge is 0.495 e. The molecule has 2 aromatic carbocycles. The minimum Gasteiger partial charge on any atom is -0.495 e. The highest BCUT2D eigenvalue weighted by atomic mass is 16.5. The molecule has 2 aliphatic rings. The quantitative estimate of drug-likeness (QED) is 0.429. The van der Waals surface area contributed by atoms with Crippen LogP contribution in [0.25, 0.3) is 10.9 Å². The number of unbranched alkanes of at least 4 members (excludes halogenated alkanes) is 1. The molecule has 0 spiro atoms. The molecule has 0 bridgehead atoms. The fourth-order valence-electron chi connectivity index (χ4n) is 5.54. The molecule has 2 aliphatic heterocycles. The number of nitrogens with one attached hydrogen (secondary N) is 2. The lowest BCUT2D eigenvalue weighted by Crippen LogP contribution is -2.50. The molecule has 0 aliphatic carbocycles. The normalized spacial score (nSPS) is 16.8. The summed E-state index contributed by atoms with van der Waals surface area (Å²) in [7, 11) is 3.84. The fourth-order valence-corrected chi connectivity index (χ4v) is 5.54. The van der Waals surface area contributed by atoms with Gasteiger partial charge in [0.05, 0.1) is 24.4 Å². The summed E-state index contributed by atoms with van der Waals surface area (Å²) in [6, 6.07) is 13.9. The monoisotopic (exact) mass is 529 g/mol. The molecule has 0 atom stereocenters. The predicted octanol–water partition coefficient (Wildman–Crippen LogP) is 3.97. The van der Waals surface area contributed by atoms with Crippen LogP contribution in [0.2, 0.25) is 0 Å². The molecule has 9 heteroatoms. The van der Waals surface area contributed by atoms with Crippen LogP contribution in [0.5, 0.6) is 5.75 Å². The second kappa shape index (κ2) is 12.4. The van der Waals surface area contributed by atoms with Crippen molar-refractivity contribution in [2.24, 2.45) is 0 Å². The number of nitriles is 1. The molecule has 5 rings (SSSR count). The third-order valence-electron chi connectivity index (χ3n) is 8.00. The second-order valence-corrected chi connectivity index (χ2v) is 10.6. The number of carbonyl (C=O) groups is 1. The predicted molar refractivity (Wildman–Crippen MR) is 156 cm³/mol. The Hall–Kier alpha value is -3.74. The number of hydrogen-bond donors (Lipinski definition) is 2. The third kappa shape index (κ3) is 6.47. The van der Waals surface area contributed by atoms with Gasteiger partial charge in [0.15, 0.2) is 0 Å². The van der Waals surface area contributed by atoms with E-state index in [0.29, 0.717) is 5.56 Å². The molecule has 2 saturated heterocycles. The molecule has 0 radical (unpaired) electrons. The number of urea groups is 1. The van der Waals surface area contributed by atoms with Gasteiger partial charge in [-0.15, -0.1) is 0 Å². The molecule has 206 valence electrons. The molecule has 3 aromatic rings. The second-order valence-electron chi connectivity index (χ2n) is 10.6. The van der Waals surface area contributed by atoms with E-state index < -0.39 is 0 Å². The zero-order valence-corrected chi connectivity index (χ0v) is 23.1. The maximum absolute atomic E-state index is 13.0. The Morgan fingerprint density at radius 2 is 1.82 bits per heavy atom. The van der Waals surface area contributed by atoms with Crippen LogP contribution in [0.3, 0.4) is 0 Å². The van der Waals surface area contributed by atoms with E-state index in [1.807, 2.05) is 41.3 Å². The number of H-pyrrole nitrogens is 1. The van der Waals surface area contributed by atoms with Crippen LogP contribution in [0.1, 0.15) is 24.0 Å². The van der Waals surface area contributed by atoms with Gasteiger partial charge in [-0.1, -0.05) is 0 Å². The molecule has 2 N–H and O–H groups in total. The zero-order valence-electron chi connectivity index (χ0n) is 23.1. The number of anilines is 2. The van der Waals surface area contributed by atoms with Crippen molar-refractivity contribution in [2.45, 2.75) is 19.3 Å². The van der Waals surface area contributed by atoms with Crippen molar-refractivity contribution in [1.82, 2.24) is 19.7 Å². The summed E-state index contributed by atoms with van der Waals surface area (Å²) in [6.07, 6.45) is 5.27. The molecule has 1 aromatic heterocycles. The number of carbonyl (C=O) groups excluding carboxylic acids is 1. The minimum absolute atomic E-state index is 0.0415. The van der Waals surface area contributed by atoms with Crippen LogP contribution in [-0.2, 0) is 6.42 Å². The highest BCUT2D eigenvalue weighted by Crippen LogP contribution is 2.32. The number of ether oxygens (including phenoxy) is 1. The number of rotatable bonds is 8. The number of aryl methyl sites for hydroxylation is 1. The van der Waals surface area contributed by atoms with E-state index in [0.717, 1.165) is 106 Å². The minimum atomic E-state index is -0.0415. The zero-order chi connectivity index (χ0) is 27.2. The molecule has 2 fully saturated rings. The summed E-state index contributed by atoms with van der Waals surface area (Å²) in [5, 5.41) is 13.5. The lowest BCUT2D eigenvalue weighted by molar-refractivity contribution is 0.146. The number of aromatic amines is 1. The molecule has 39 heavy (non-hydrogen) atoms. The van der Waals surface area contributed by atoms with Gasteiger partial charge in [0.1, 0.15) is 5.75 Å². The van der Waals surface area contributed by atoms with Crippen molar-refractivity contribution >= 4 is 28.3 Å². The van der Waals surface area contributed by atoms with E-state index >= 15 is 0 Å². The van der Waals surface area contributed by atoms with Crippen LogP contribution in [-0.4, -0.2) is 98.8 Å². The van der Waals surface area contributed by atoms with E-state index in [9.17, 15) is 10.1 Å². The first kappa shape index (κ1) is 26.9. The summed E-state index contributed by atoms with van der Waals surface area (Å²) in [4.78, 5) is 25.4. The maximum Gasteiger partial charge on any atom is 0.321 e. The number of aromatic nitrogens is 1. The smallest absolute Gasteiger partial charge is 0.321 e. The Morgan fingerprint density at radius 3 is 2.56 bits per heavy atom. The summed E-state index contributed by atoms with van der Waals surface area (Å²) in [6.45, 7) is 8.18. The van der Waals surface area contributed by atoms with E-state index in [4.69, 9.17) is 4.74 Å². The lowest BCUT2D eigenvalue weighted by atomic mass is 10.1. The van der Waals surface area contributed by atoms with Crippen LogP contribution in [0, 0.1) is 11.3 Å². The number of fused-ring (bicyclic) bond motifs is 1. The number of amides is 2. The van der Waals surface area contributed by atoms with Gasteiger partial charge in [0.2, 0.25) is 0 Å². The van der Waals surface area contributed by atoms with Gasteiger partial charge in [-0.25, -0.2) is 4.79 Å². The summed E-state index contributed by atoms with van der Waals surface area (Å²) >= 11 is 0. The highest BCUT2D eigenvalue weighted by Gasteiger charge is 2.22. The van der Waals surface area contributed by atoms with Gasteiger partial charge in [-0.3, -0.25) is 4.90 Å². The first-order valence-corrected chi connectivity index (χ1v) is 13.9. The van der Waals surface area contributed by atoms with Crippen LogP contribution in [0.4, 0.5) is 16.2 Å². The maximum atomic E-state index is 13.0. The lowest BCUT2D eigenvalue weighted by Gasteiger charge is -2.35. The van der Waals surface area contributed by atoms with Crippen molar-refractivity contribution in [2.75, 3.05) is 83.3 Å². The van der Waals surface area contributed by atoms with Crippen LogP contribution in [0.15, 0.2) is 42.6 Å². The van der Waals surface area contributed by atoms with Crippen molar-refractivity contribution < 1.29 is 9.53 Å². The van der Waals surface area contributed by atoms with Gasteiger partial charge in [0.25, 0.3) is 0 Å². The van der Waals surface area contributed by atoms with Crippen molar-refractivity contribution in [3.63, 3.8) is 0 Å². The number of nitrogens with zero attached hydrogens (tertiary/aromatic N) is 5. The number of benzene rings is 2. The topological polar surface area (TPSA) is 90.9 Å². The van der Waals surface area contributed by atoms with E-state index in [2.05, 4.69) is 44.3 Å². The van der Waals surface area contributed by atoms with Crippen LogP contribution < -0.4 is 15.0 Å². The average Bonchev–Trinajstić information content (AvgIpc) is 3.38. The van der Waals surface area contributed by atoms with Crippen molar-refractivity contribution in [1.29, 1.82) is 5.26 Å². The standard InChI is InChI=1S/C30H39N7O2/c1-34-11-15-36(16-12-34)28-20-25(7-9-29(28)39-2)33-30(38)37-17-13-35(14-18-37)10-4-3-5-24-22-32-27-8-6-23(21-31)19-26(24)27/h6-9,19-20,22,32H,3-5,10-18H2,1-2H3,(H,33,38). The number of hydrogen-bond acceptors (Lipinski definition) is 6. The molecule has 9 nitrogen and oxygen atoms in total. The Bertz CT molecular complexity index is 1310. The Labute approximate surface area is 230 Å². The van der Waals surface area contributed by atoms with E-state index in [-0.39, 0.29) is 6.03 Å². The van der Waals surface area contributed by atoms with Gasteiger partial charge < -0.3 is 29.7 Å². The molecule has 0 saturated carbocycles. The Morgan fingerprint density at radius 1 is 1.03 bits per heavy atom. The van der Waals surface area contributed by atoms with Crippen molar-refractivity contribution in [3.8, 4) is 11.8 Å². The van der Waals surface area contributed by atoms with Gasteiger partial charge in [-0.05, 0) is 74.8 Å². The summed E-state index contributed by atoms with van der Waals surface area (Å²) in [5.74, 6) is 0.836. The molecule has 2 amide bonds. The Kier molecular flexibility index (Phi) is 8.54. The first-order valence-electron chi connectivity index (χ1n) is 13.9. The highest BCUT2D eigenvalue weighted by molar-refractivity contribution is 5.90. The van der Waals surface area contributed by atoms with Crippen LogP contribution >= 0.6 is 0 Å². The number of methoxy groups -OCH3 is 1. The molecule has 3 heterocycles. The van der Waals surface area contributed by atoms with Gasteiger partial charge in [0, 0.05) is 75.1 Å². The number of likely N-dealkylation sites (N-methyl/N-ethyl adjacent to an activating group) is 1. The molecule has 0 unspecified atom stereocenters. The van der Waals surface area contributed by atoms with Gasteiger partial charge >= 0.3 is 6.03 Å². The summed E-state index contributed by atoms with van der Waals surface area (Å²) in [5.41, 5.74) is 4.90. The number of piperazine rings is 2.